The maximum Gasteiger partial charge on any atom is 0.165 e. The predicted octanol–water partition coefficient (Wildman–Crippen LogP) is 3.93. The van der Waals surface area contributed by atoms with Crippen molar-refractivity contribution in [1.29, 1.82) is 0 Å². The molecule has 0 atom stereocenters. The van der Waals surface area contributed by atoms with Crippen molar-refractivity contribution in [2.24, 2.45) is 0 Å². The molecule has 2 rings (SSSR count). The molecule has 88 valence electrons. The molecule has 1 aromatic heterocycles. The molecule has 0 N–H and O–H groups in total. The zero-order chi connectivity index (χ0) is 12.3. The normalized spacial score (nSPS) is 10.2. The fourth-order valence-corrected chi connectivity index (χ4v) is 2.29. The molecular formula is C12H8ClFO2S. The van der Waals surface area contributed by atoms with Crippen LogP contribution in [0.15, 0.2) is 30.3 Å². The molecule has 0 fully saturated rings. The molecule has 1 aromatic carbocycles. The molecule has 2 aromatic rings. The number of benzene rings is 1. The van der Waals surface area contributed by atoms with Crippen molar-refractivity contribution in [2.75, 3.05) is 0 Å². The summed E-state index contributed by atoms with van der Waals surface area (Å²) in [6, 6.07) is 7.67. The summed E-state index contributed by atoms with van der Waals surface area (Å²) in [5.74, 6) is -0.419. The van der Waals surface area contributed by atoms with Crippen LogP contribution in [0.25, 0.3) is 0 Å². The number of rotatable bonds is 4. The molecule has 0 amide bonds. The minimum atomic E-state index is -0.544. The van der Waals surface area contributed by atoms with Crippen molar-refractivity contribution >= 4 is 29.2 Å². The second-order valence-electron chi connectivity index (χ2n) is 3.30. The van der Waals surface area contributed by atoms with E-state index in [-0.39, 0.29) is 17.9 Å². The lowest BCUT2D eigenvalue weighted by molar-refractivity contribution is 0.112. The standard InChI is InChI=1S/C12H8ClFO2S/c13-12-4-2-9(17-12)7-16-11-3-1-8(6-15)5-10(11)14/h1-6H,7H2. The van der Waals surface area contributed by atoms with E-state index in [4.69, 9.17) is 16.3 Å². The number of hydrogen-bond donors (Lipinski definition) is 0. The van der Waals surface area contributed by atoms with Crippen LogP contribution in [-0.4, -0.2) is 6.29 Å². The molecule has 0 aliphatic rings. The number of carbonyl (C=O) groups is 1. The highest BCUT2D eigenvalue weighted by atomic mass is 35.5. The fourth-order valence-electron chi connectivity index (χ4n) is 1.29. The van der Waals surface area contributed by atoms with Crippen molar-refractivity contribution in [3.8, 4) is 5.75 Å². The molecule has 0 saturated heterocycles. The topological polar surface area (TPSA) is 26.3 Å². The Bertz CT molecular complexity index is 539. The van der Waals surface area contributed by atoms with Gasteiger partial charge in [-0.15, -0.1) is 11.3 Å². The third kappa shape index (κ3) is 3.05. The third-order valence-electron chi connectivity index (χ3n) is 2.09. The summed E-state index contributed by atoms with van der Waals surface area (Å²) in [4.78, 5) is 11.3. The summed E-state index contributed by atoms with van der Waals surface area (Å²) in [6.45, 7) is 0.259. The van der Waals surface area contributed by atoms with Crippen molar-refractivity contribution in [2.45, 2.75) is 6.61 Å². The van der Waals surface area contributed by atoms with Gasteiger partial charge < -0.3 is 4.74 Å². The molecule has 0 saturated carbocycles. The van der Waals surface area contributed by atoms with Crippen LogP contribution in [0.4, 0.5) is 4.39 Å². The molecular weight excluding hydrogens is 263 g/mol. The van der Waals surface area contributed by atoms with Crippen molar-refractivity contribution < 1.29 is 13.9 Å². The number of carbonyl (C=O) groups excluding carboxylic acids is 1. The van der Waals surface area contributed by atoms with Gasteiger partial charge in [-0.1, -0.05) is 11.6 Å². The summed E-state index contributed by atoms with van der Waals surface area (Å²) in [5, 5.41) is 0. The van der Waals surface area contributed by atoms with Crippen LogP contribution < -0.4 is 4.74 Å². The van der Waals surface area contributed by atoms with Gasteiger partial charge in [0.1, 0.15) is 12.9 Å². The van der Waals surface area contributed by atoms with Crippen LogP contribution >= 0.6 is 22.9 Å². The van der Waals surface area contributed by atoms with Crippen LogP contribution in [0.5, 0.6) is 5.75 Å². The van der Waals surface area contributed by atoms with Gasteiger partial charge in [0, 0.05) is 10.4 Å². The first-order valence-electron chi connectivity index (χ1n) is 4.81. The Morgan fingerprint density at radius 3 is 2.76 bits per heavy atom. The maximum atomic E-state index is 13.4. The first-order chi connectivity index (χ1) is 8.19. The fraction of sp³-hybridized carbons (Fsp3) is 0.0833. The average molecular weight is 271 g/mol. The summed E-state index contributed by atoms with van der Waals surface area (Å²) in [5.41, 5.74) is 0.286. The van der Waals surface area contributed by atoms with Gasteiger partial charge in [-0.2, -0.15) is 0 Å². The third-order valence-corrected chi connectivity index (χ3v) is 3.30. The van der Waals surface area contributed by atoms with Crippen LogP contribution in [0.3, 0.4) is 0 Å². The SMILES string of the molecule is O=Cc1ccc(OCc2ccc(Cl)s2)c(F)c1. The second kappa shape index (κ2) is 5.29. The Kier molecular flexibility index (Phi) is 3.76. The molecule has 5 heteroatoms. The number of ether oxygens (including phenoxy) is 1. The van der Waals surface area contributed by atoms with Gasteiger partial charge in [0.15, 0.2) is 11.6 Å². The van der Waals surface area contributed by atoms with E-state index >= 15 is 0 Å². The summed E-state index contributed by atoms with van der Waals surface area (Å²) < 4.78 is 19.4. The van der Waals surface area contributed by atoms with E-state index in [1.165, 1.54) is 23.5 Å². The van der Waals surface area contributed by atoms with Gasteiger partial charge in [-0.3, -0.25) is 4.79 Å². The predicted molar refractivity (Wildman–Crippen MR) is 65.4 cm³/mol. The van der Waals surface area contributed by atoms with Crippen LogP contribution in [0, 0.1) is 5.82 Å². The minimum Gasteiger partial charge on any atom is -0.485 e. The van der Waals surface area contributed by atoms with Gasteiger partial charge in [0.2, 0.25) is 0 Å². The Morgan fingerprint density at radius 2 is 2.18 bits per heavy atom. The van der Waals surface area contributed by atoms with Gasteiger partial charge in [0.05, 0.1) is 4.34 Å². The molecule has 0 aliphatic carbocycles. The number of thiophene rings is 1. The Balaban J connectivity index is 2.06. The molecule has 1 heterocycles. The molecule has 0 unspecified atom stereocenters. The van der Waals surface area contributed by atoms with Crippen LogP contribution in [0.2, 0.25) is 4.34 Å². The van der Waals surface area contributed by atoms with Gasteiger partial charge in [-0.25, -0.2) is 4.39 Å². The molecule has 2 nitrogen and oxygen atoms in total. The van der Waals surface area contributed by atoms with E-state index in [0.29, 0.717) is 10.6 Å². The molecule has 17 heavy (non-hydrogen) atoms. The molecule has 0 radical (unpaired) electrons. The number of halogens is 2. The lowest BCUT2D eigenvalue weighted by atomic mass is 10.2. The van der Waals surface area contributed by atoms with E-state index < -0.39 is 5.82 Å². The van der Waals surface area contributed by atoms with E-state index in [1.807, 2.05) is 6.07 Å². The van der Waals surface area contributed by atoms with Crippen molar-refractivity contribution in [3.05, 3.63) is 50.9 Å². The average Bonchev–Trinajstić information content (AvgIpc) is 2.73. The van der Waals surface area contributed by atoms with Crippen LogP contribution in [-0.2, 0) is 6.61 Å². The zero-order valence-electron chi connectivity index (χ0n) is 8.65. The van der Waals surface area contributed by atoms with Gasteiger partial charge >= 0.3 is 0 Å². The minimum absolute atomic E-state index is 0.125. The van der Waals surface area contributed by atoms with Gasteiger partial charge in [0.25, 0.3) is 0 Å². The quantitative estimate of drug-likeness (QED) is 0.787. The van der Waals surface area contributed by atoms with E-state index in [2.05, 4.69) is 0 Å². The summed E-state index contributed by atoms with van der Waals surface area (Å²) in [7, 11) is 0. The Hall–Kier alpha value is -1.39. The Labute approximate surface area is 107 Å². The number of aldehydes is 1. The molecule has 0 aliphatic heterocycles. The monoisotopic (exact) mass is 270 g/mol. The summed E-state index contributed by atoms with van der Waals surface area (Å²) >= 11 is 7.15. The van der Waals surface area contributed by atoms with E-state index in [0.717, 1.165) is 10.9 Å². The maximum absolute atomic E-state index is 13.4. The van der Waals surface area contributed by atoms with Crippen molar-refractivity contribution in [1.82, 2.24) is 0 Å². The first-order valence-corrected chi connectivity index (χ1v) is 6.00. The largest absolute Gasteiger partial charge is 0.485 e. The molecule has 0 bridgehead atoms. The Morgan fingerprint density at radius 1 is 1.35 bits per heavy atom. The lowest BCUT2D eigenvalue weighted by Crippen LogP contribution is -1.96. The zero-order valence-corrected chi connectivity index (χ0v) is 10.2. The smallest absolute Gasteiger partial charge is 0.165 e. The highest BCUT2D eigenvalue weighted by Gasteiger charge is 2.05. The highest BCUT2D eigenvalue weighted by molar-refractivity contribution is 7.16. The van der Waals surface area contributed by atoms with Crippen LogP contribution in [0.1, 0.15) is 15.2 Å². The molecule has 0 spiro atoms. The summed E-state index contributed by atoms with van der Waals surface area (Å²) in [6.07, 6.45) is 0.589. The first kappa shape index (κ1) is 12.1. The van der Waals surface area contributed by atoms with E-state index in [9.17, 15) is 9.18 Å². The number of hydrogen-bond acceptors (Lipinski definition) is 3. The van der Waals surface area contributed by atoms with Gasteiger partial charge in [-0.05, 0) is 30.3 Å². The lowest BCUT2D eigenvalue weighted by Gasteiger charge is -2.05. The van der Waals surface area contributed by atoms with Crippen molar-refractivity contribution in [3.63, 3.8) is 0 Å². The highest BCUT2D eigenvalue weighted by Crippen LogP contribution is 2.24. The van der Waals surface area contributed by atoms with E-state index in [1.54, 1.807) is 6.07 Å². The second-order valence-corrected chi connectivity index (χ2v) is 5.10.